The predicted octanol–water partition coefficient (Wildman–Crippen LogP) is 1.77. The molecule has 0 radical (unpaired) electrons. The molecule has 0 aromatic rings. The van der Waals surface area contributed by atoms with E-state index in [1.807, 2.05) is 0 Å². The van der Waals surface area contributed by atoms with Crippen LogP contribution in [-0.4, -0.2) is 48.0 Å². The highest BCUT2D eigenvalue weighted by molar-refractivity contribution is 5.97. The Morgan fingerprint density at radius 1 is 1.25 bits per heavy atom. The minimum absolute atomic E-state index is 0.172. The normalized spacial score (nSPS) is 18.8. The summed E-state index contributed by atoms with van der Waals surface area (Å²) >= 11 is 0. The number of carbonyl (C=O) groups excluding carboxylic acids is 3. The molecule has 1 heterocycles. The molecule has 0 unspecified atom stereocenters. The van der Waals surface area contributed by atoms with Gasteiger partial charge in [0.25, 0.3) is 0 Å². The molecule has 1 fully saturated rings. The molecule has 0 saturated carbocycles. The molecule has 6 nitrogen and oxygen atoms in total. The van der Waals surface area contributed by atoms with Gasteiger partial charge in [-0.15, -0.1) is 0 Å². The van der Waals surface area contributed by atoms with Gasteiger partial charge in [0.05, 0.1) is 6.61 Å². The highest BCUT2D eigenvalue weighted by atomic mass is 16.6. The summed E-state index contributed by atoms with van der Waals surface area (Å²) in [5.41, 5.74) is -0.551. The summed E-state index contributed by atoms with van der Waals surface area (Å²) in [5, 5.41) is 0. The van der Waals surface area contributed by atoms with Crippen molar-refractivity contribution in [1.82, 2.24) is 4.90 Å². The molecule has 0 spiro atoms. The second-order valence-corrected chi connectivity index (χ2v) is 5.86. The van der Waals surface area contributed by atoms with E-state index in [0.29, 0.717) is 19.5 Å². The lowest BCUT2D eigenvalue weighted by Gasteiger charge is -2.24. The van der Waals surface area contributed by atoms with Crippen molar-refractivity contribution in [2.75, 3.05) is 19.7 Å². The highest BCUT2D eigenvalue weighted by Gasteiger charge is 2.33. The lowest BCUT2D eigenvalue weighted by Crippen LogP contribution is -2.36. The summed E-state index contributed by atoms with van der Waals surface area (Å²) in [6.45, 7) is 8.14. The second-order valence-electron chi connectivity index (χ2n) is 5.86. The molecule has 1 atom stereocenters. The second kappa shape index (κ2) is 6.72. The number of hydrogen-bond acceptors (Lipinski definition) is 5. The van der Waals surface area contributed by atoms with Gasteiger partial charge in [0.1, 0.15) is 17.8 Å². The molecule has 1 saturated heterocycles. The number of amides is 1. The van der Waals surface area contributed by atoms with Crippen molar-refractivity contribution in [2.24, 2.45) is 5.92 Å². The summed E-state index contributed by atoms with van der Waals surface area (Å²) in [7, 11) is 0. The first kappa shape index (κ1) is 16.5. The molecule has 114 valence electrons. The van der Waals surface area contributed by atoms with Crippen LogP contribution in [0.1, 0.15) is 40.5 Å². The van der Waals surface area contributed by atoms with Gasteiger partial charge in [-0.1, -0.05) is 0 Å². The van der Waals surface area contributed by atoms with Gasteiger partial charge in [-0.3, -0.25) is 9.59 Å². The zero-order chi connectivity index (χ0) is 15.3. The van der Waals surface area contributed by atoms with Crippen LogP contribution < -0.4 is 0 Å². The molecule has 1 aliphatic heterocycles. The number of ketones is 1. The van der Waals surface area contributed by atoms with Gasteiger partial charge in [0.15, 0.2) is 0 Å². The Balaban J connectivity index is 2.45. The first-order chi connectivity index (χ1) is 9.23. The molecule has 6 heteroatoms. The van der Waals surface area contributed by atoms with Gasteiger partial charge in [-0.25, -0.2) is 4.79 Å². The summed E-state index contributed by atoms with van der Waals surface area (Å²) in [5.74, 6) is -0.977. The largest absolute Gasteiger partial charge is 0.466 e. The van der Waals surface area contributed by atoms with Crippen LogP contribution in [-0.2, 0) is 19.1 Å². The van der Waals surface area contributed by atoms with E-state index in [1.54, 1.807) is 27.7 Å². The quantitative estimate of drug-likeness (QED) is 0.581. The van der Waals surface area contributed by atoms with Crippen LogP contribution in [0.3, 0.4) is 0 Å². The lowest BCUT2D eigenvalue weighted by atomic mass is 10.0. The zero-order valence-electron chi connectivity index (χ0n) is 12.6. The molecule has 1 amide bonds. The number of likely N-dealkylation sites (tertiary alicyclic amines) is 1. The first-order valence-corrected chi connectivity index (χ1v) is 6.89. The van der Waals surface area contributed by atoms with Gasteiger partial charge >= 0.3 is 12.1 Å². The summed E-state index contributed by atoms with van der Waals surface area (Å²) in [6.07, 6.45) is -0.0676. The number of hydrogen-bond donors (Lipinski definition) is 0. The molecule has 0 N–H and O–H groups in total. The molecule has 1 aliphatic rings. The van der Waals surface area contributed by atoms with E-state index in [0.717, 1.165) is 0 Å². The number of esters is 1. The Morgan fingerprint density at radius 2 is 1.90 bits per heavy atom. The SMILES string of the molecule is CCOC(=O)CC(=O)[C@@H]1CCN(C(=O)OC(C)(C)C)C1. The zero-order valence-corrected chi connectivity index (χ0v) is 12.6. The number of rotatable bonds is 4. The van der Waals surface area contributed by atoms with Crippen molar-refractivity contribution in [2.45, 2.75) is 46.1 Å². The lowest BCUT2D eigenvalue weighted by molar-refractivity contribution is -0.146. The van der Waals surface area contributed by atoms with Crippen molar-refractivity contribution in [3.63, 3.8) is 0 Å². The van der Waals surface area contributed by atoms with Crippen LogP contribution in [0.25, 0.3) is 0 Å². The van der Waals surface area contributed by atoms with Crippen LogP contribution in [0.15, 0.2) is 0 Å². The minimum atomic E-state index is -0.551. The predicted molar refractivity (Wildman–Crippen MR) is 72.2 cm³/mol. The van der Waals surface area contributed by atoms with Crippen LogP contribution in [0.4, 0.5) is 4.79 Å². The molecular weight excluding hydrogens is 262 g/mol. The summed E-state index contributed by atoms with van der Waals surface area (Å²) in [4.78, 5) is 36.5. The monoisotopic (exact) mass is 285 g/mol. The third kappa shape index (κ3) is 5.19. The third-order valence-corrected chi connectivity index (χ3v) is 2.92. The molecule has 0 aromatic heterocycles. The smallest absolute Gasteiger partial charge is 0.410 e. The number of ether oxygens (including phenoxy) is 2. The molecule has 20 heavy (non-hydrogen) atoms. The minimum Gasteiger partial charge on any atom is -0.466 e. The fourth-order valence-electron chi connectivity index (χ4n) is 2.01. The van der Waals surface area contributed by atoms with E-state index in [9.17, 15) is 14.4 Å². The van der Waals surface area contributed by atoms with Crippen molar-refractivity contribution in [1.29, 1.82) is 0 Å². The van der Waals surface area contributed by atoms with Crippen molar-refractivity contribution in [3.05, 3.63) is 0 Å². The molecule has 1 rings (SSSR count). The van der Waals surface area contributed by atoms with E-state index < -0.39 is 17.7 Å². The number of carbonyl (C=O) groups is 3. The maximum atomic E-state index is 11.9. The Hall–Kier alpha value is -1.59. The maximum Gasteiger partial charge on any atom is 0.410 e. The van der Waals surface area contributed by atoms with Gasteiger partial charge in [0.2, 0.25) is 0 Å². The van der Waals surface area contributed by atoms with Crippen LogP contribution in [0.5, 0.6) is 0 Å². The number of Topliss-reactive ketones (excluding diaryl/α,β-unsaturated/α-hetero) is 1. The Labute approximate surface area is 119 Å². The van der Waals surface area contributed by atoms with Crippen molar-refractivity contribution < 1.29 is 23.9 Å². The topological polar surface area (TPSA) is 72.9 Å². The summed E-state index contributed by atoms with van der Waals surface area (Å²) < 4.78 is 10.0. The maximum absolute atomic E-state index is 11.9. The highest BCUT2D eigenvalue weighted by Crippen LogP contribution is 2.21. The van der Waals surface area contributed by atoms with Crippen molar-refractivity contribution >= 4 is 17.8 Å². The Kier molecular flexibility index (Phi) is 5.53. The first-order valence-electron chi connectivity index (χ1n) is 6.89. The molecular formula is C14H23NO5. The Bertz CT molecular complexity index is 386. The average Bonchev–Trinajstić information content (AvgIpc) is 2.75. The van der Waals surface area contributed by atoms with E-state index in [-0.39, 0.29) is 24.7 Å². The number of nitrogens with zero attached hydrogens (tertiary/aromatic N) is 1. The fourth-order valence-corrected chi connectivity index (χ4v) is 2.01. The van der Waals surface area contributed by atoms with Crippen LogP contribution >= 0.6 is 0 Å². The molecule has 0 aromatic carbocycles. The van der Waals surface area contributed by atoms with Gasteiger partial charge in [-0.2, -0.15) is 0 Å². The van der Waals surface area contributed by atoms with Crippen LogP contribution in [0, 0.1) is 5.92 Å². The molecule has 0 aliphatic carbocycles. The van der Waals surface area contributed by atoms with E-state index >= 15 is 0 Å². The van der Waals surface area contributed by atoms with Gasteiger partial charge in [-0.05, 0) is 34.1 Å². The van der Waals surface area contributed by atoms with E-state index in [4.69, 9.17) is 9.47 Å². The molecule has 0 bridgehead atoms. The average molecular weight is 285 g/mol. The van der Waals surface area contributed by atoms with Gasteiger partial charge < -0.3 is 14.4 Å². The standard InChI is InChI=1S/C14H23NO5/c1-5-19-12(17)8-11(16)10-6-7-15(9-10)13(18)20-14(2,3)4/h10H,5-9H2,1-4H3/t10-/m1/s1. The van der Waals surface area contributed by atoms with E-state index in [1.165, 1.54) is 4.90 Å². The van der Waals surface area contributed by atoms with Crippen molar-refractivity contribution in [3.8, 4) is 0 Å². The van der Waals surface area contributed by atoms with Gasteiger partial charge in [0, 0.05) is 19.0 Å². The van der Waals surface area contributed by atoms with E-state index in [2.05, 4.69) is 0 Å². The fraction of sp³-hybridized carbons (Fsp3) is 0.786. The Morgan fingerprint density at radius 3 is 2.45 bits per heavy atom. The third-order valence-electron chi connectivity index (χ3n) is 2.92. The van der Waals surface area contributed by atoms with Crippen LogP contribution in [0.2, 0.25) is 0 Å². The summed E-state index contributed by atoms with van der Waals surface area (Å²) in [6, 6.07) is 0.